The summed E-state index contributed by atoms with van der Waals surface area (Å²) in [5.74, 6) is 0.920. The van der Waals surface area contributed by atoms with Gasteiger partial charge in [0.25, 0.3) is 15.9 Å². The quantitative estimate of drug-likeness (QED) is 0.683. The first kappa shape index (κ1) is 22.2. The smallest absolute Gasteiger partial charge is 0.267 e. The van der Waals surface area contributed by atoms with Gasteiger partial charge in [0.2, 0.25) is 12.0 Å². The molecule has 0 bridgehead atoms. The van der Waals surface area contributed by atoms with Gasteiger partial charge in [0.15, 0.2) is 11.5 Å². The molecule has 2 amide bonds. The maximum atomic E-state index is 13.0. The summed E-state index contributed by atoms with van der Waals surface area (Å²) in [6, 6.07) is 12.9. The van der Waals surface area contributed by atoms with Gasteiger partial charge in [-0.2, -0.15) is 0 Å². The number of fused-ring (bicyclic) bond motifs is 2. The molecule has 34 heavy (non-hydrogen) atoms. The van der Waals surface area contributed by atoms with Crippen LogP contribution in [0.15, 0.2) is 58.4 Å². The Bertz CT molecular complexity index is 1270. The zero-order valence-electron chi connectivity index (χ0n) is 18.5. The van der Waals surface area contributed by atoms with Gasteiger partial charge in [0.1, 0.15) is 18.5 Å². The van der Waals surface area contributed by atoms with Crippen LogP contribution in [0.3, 0.4) is 0 Å². The Balaban J connectivity index is 1.20. The number of hydrogen-bond acceptors (Lipinski definition) is 7. The molecule has 2 aromatic carbocycles. The number of piperazine rings is 1. The third kappa shape index (κ3) is 4.07. The fourth-order valence-electron chi connectivity index (χ4n) is 4.23. The minimum atomic E-state index is -3.67. The van der Waals surface area contributed by atoms with Crippen molar-refractivity contribution in [2.45, 2.75) is 24.0 Å². The first-order valence-electron chi connectivity index (χ1n) is 11.0. The summed E-state index contributed by atoms with van der Waals surface area (Å²) in [4.78, 5) is 33.7. The van der Waals surface area contributed by atoms with Crippen molar-refractivity contribution in [3.05, 3.63) is 54.1 Å². The summed E-state index contributed by atoms with van der Waals surface area (Å²) in [5.41, 5.74) is 0.453. The first-order chi connectivity index (χ1) is 16.3. The highest BCUT2D eigenvalue weighted by Gasteiger charge is 2.35. The predicted molar refractivity (Wildman–Crippen MR) is 122 cm³/mol. The normalized spacial score (nSPS) is 22.6. The lowest BCUT2D eigenvalue weighted by Crippen LogP contribution is -2.56. The molecule has 5 rings (SSSR count). The average Bonchev–Trinajstić information content (AvgIpc) is 3.12. The van der Waals surface area contributed by atoms with Crippen molar-refractivity contribution in [1.82, 2.24) is 14.5 Å². The highest BCUT2D eigenvalue weighted by Crippen LogP contribution is 2.31. The number of nitrogens with one attached hydrogen (secondary N) is 1. The molecule has 0 aromatic heterocycles. The van der Waals surface area contributed by atoms with Crippen LogP contribution in [0.1, 0.15) is 12.5 Å². The number of nitrogens with zero attached hydrogens (tertiary/aromatic N) is 3. The average molecular weight is 485 g/mol. The Morgan fingerprint density at radius 2 is 1.65 bits per heavy atom. The highest BCUT2D eigenvalue weighted by atomic mass is 32.2. The second kappa shape index (κ2) is 8.64. The van der Waals surface area contributed by atoms with Crippen LogP contribution in [-0.2, 0) is 19.6 Å². The summed E-state index contributed by atoms with van der Waals surface area (Å²) in [7, 11) is -3.67. The Labute approximate surface area is 197 Å². The first-order valence-corrected chi connectivity index (χ1v) is 12.5. The second-order valence-corrected chi connectivity index (χ2v) is 9.92. The number of sulfonamides is 1. The van der Waals surface area contributed by atoms with E-state index in [4.69, 9.17) is 9.47 Å². The van der Waals surface area contributed by atoms with E-state index in [1.165, 1.54) is 6.07 Å². The zero-order valence-corrected chi connectivity index (χ0v) is 19.3. The van der Waals surface area contributed by atoms with E-state index >= 15 is 0 Å². The SMILES string of the molecule is C[C@H](N=C1NS(=O)(=O)c2ccccc21)C(=O)N1CCN(C(=O)[C@H]2COc3ccccc3O2)CC1. The van der Waals surface area contributed by atoms with E-state index in [9.17, 15) is 18.0 Å². The van der Waals surface area contributed by atoms with Crippen LogP contribution in [0.25, 0.3) is 0 Å². The van der Waals surface area contributed by atoms with Crippen molar-refractivity contribution in [2.24, 2.45) is 4.99 Å². The number of rotatable bonds is 3. The molecule has 3 aliphatic rings. The standard InChI is InChI=1S/C23H24N4O6S/c1-15(24-21-16-6-2-5-9-20(16)34(30,31)25-21)22(28)26-10-12-27(13-11-26)23(29)19-14-32-17-7-3-4-8-18(17)33-19/h2-9,15,19H,10-14H2,1H3,(H,24,25)/t15-,19+/m0/s1. The van der Waals surface area contributed by atoms with Crippen LogP contribution >= 0.6 is 0 Å². The molecule has 1 N–H and O–H groups in total. The number of carbonyl (C=O) groups excluding carboxylic acids is 2. The summed E-state index contributed by atoms with van der Waals surface area (Å²) in [6.07, 6.45) is -0.724. The molecule has 11 heteroatoms. The number of aliphatic imine (C=N–C) groups is 1. The largest absolute Gasteiger partial charge is 0.485 e. The van der Waals surface area contributed by atoms with Crippen molar-refractivity contribution in [3.8, 4) is 11.5 Å². The van der Waals surface area contributed by atoms with Gasteiger partial charge in [0.05, 0.1) is 4.90 Å². The number of hydrogen-bond donors (Lipinski definition) is 1. The molecule has 1 fully saturated rings. The van der Waals surface area contributed by atoms with Crippen molar-refractivity contribution < 1.29 is 27.5 Å². The van der Waals surface area contributed by atoms with Crippen molar-refractivity contribution in [2.75, 3.05) is 32.8 Å². The fourth-order valence-corrected chi connectivity index (χ4v) is 5.47. The van der Waals surface area contributed by atoms with Gasteiger partial charge in [-0.05, 0) is 31.2 Å². The highest BCUT2D eigenvalue weighted by molar-refractivity contribution is 7.90. The van der Waals surface area contributed by atoms with E-state index in [1.54, 1.807) is 47.1 Å². The summed E-state index contributed by atoms with van der Waals surface area (Å²) in [5, 5.41) is 0. The van der Waals surface area contributed by atoms with Gasteiger partial charge >= 0.3 is 0 Å². The van der Waals surface area contributed by atoms with E-state index < -0.39 is 22.2 Å². The van der Waals surface area contributed by atoms with E-state index in [-0.39, 0.29) is 29.2 Å². The van der Waals surface area contributed by atoms with Gasteiger partial charge in [-0.1, -0.05) is 24.3 Å². The minimum Gasteiger partial charge on any atom is -0.485 e. The van der Waals surface area contributed by atoms with Gasteiger partial charge in [0, 0.05) is 31.7 Å². The minimum absolute atomic E-state index is 0.140. The molecule has 3 heterocycles. The number of benzene rings is 2. The summed E-state index contributed by atoms with van der Waals surface area (Å²) in [6.45, 7) is 3.21. The van der Waals surface area contributed by atoms with Gasteiger partial charge in [-0.15, -0.1) is 0 Å². The van der Waals surface area contributed by atoms with Crippen molar-refractivity contribution in [3.63, 3.8) is 0 Å². The molecule has 0 aliphatic carbocycles. The van der Waals surface area contributed by atoms with E-state index in [0.29, 0.717) is 43.2 Å². The molecule has 10 nitrogen and oxygen atoms in total. The Morgan fingerprint density at radius 1 is 1.00 bits per heavy atom. The molecule has 0 spiro atoms. The molecule has 178 valence electrons. The fraction of sp³-hybridized carbons (Fsp3) is 0.348. The van der Waals surface area contributed by atoms with Crippen molar-refractivity contribution >= 4 is 27.7 Å². The Hall–Kier alpha value is -3.60. The maximum absolute atomic E-state index is 13.0. The molecule has 0 unspecified atom stereocenters. The number of amidine groups is 1. The van der Waals surface area contributed by atoms with Gasteiger partial charge < -0.3 is 19.3 Å². The lowest BCUT2D eigenvalue weighted by atomic mass is 10.2. The van der Waals surface area contributed by atoms with Crippen molar-refractivity contribution in [1.29, 1.82) is 0 Å². The van der Waals surface area contributed by atoms with Crippen LogP contribution in [0, 0.1) is 0 Å². The topological polar surface area (TPSA) is 118 Å². The number of amides is 2. The predicted octanol–water partition coefficient (Wildman–Crippen LogP) is 0.624. The molecular formula is C23H24N4O6S. The molecule has 0 radical (unpaired) electrons. The molecule has 0 saturated carbocycles. The van der Waals surface area contributed by atoms with E-state index in [2.05, 4.69) is 9.71 Å². The van der Waals surface area contributed by atoms with Gasteiger partial charge in [-0.3, -0.25) is 19.3 Å². The number of para-hydroxylation sites is 2. The Morgan fingerprint density at radius 3 is 2.41 bits per heavy atom. The lowest BCUT2D eigenvalue weighted by molar-refractivity contribution is -0.146. The van der Waals surface area contributed by atoms with Gasteiger partial charge in [-0.25, -0.2) is 8.42 Å². The Kier molecular flexibility index (Phi) is 5.64. The molecular weight excluding hydrogens is 460 g/mol. The maximum Gasteiger partial charge on any atom is 0.267 e. The zero-order chi connectivity index (χ0) is 23.9. The lowest BCUT2D eigenvalue weighted by Gasteiger charge is -2.37. The van der Waals surface area contributed by atoms with Crippen LogP contribution in [-0.4, -0.2) is 80.8 Å². The molecule has 3 aliphatic heterocycles. The van der Waals surface area contributed by atoms with Crippen LogP contribution in [0.2, 0.25) is 0 Å². The second-order valence-electron chi connectivity index (χ2n) is 8.27. The third-order valence-electron chi connectivity index (χ3n) is 6.03. The van der Waals surface area contributed by atoms with E-state index in [1.807, 2.05) is 12.1 Å². The van der Waals surface area contributed by atoms with E-state index in [0.717, 1.165) is 0 Å². The van der Waals surface area contributed by atoms with Crippen LogP contribution in [0.4, 0.5) is 0 Å². The van der Waals surface area contributed by atoms with Crippen LogP contribution < -0.4 is 14.2 Å². The van der Waals surface area contributed by atoms with Crippen LogP contribution in [0.5, 0.6) is 11.5 Å². The molecule has 2 aromatic rings. The molecule has 2 atom stereocenters. The summed E-state index contributed by atoms with van der Waals surface area (Å²) < 4.78 is 38.4. The monoisotopic (exact) mass is 484 g/mol. The molecule has 1 saturated heterocycles. The number of carbonyl (C=O) groups is 2. The third-order valence-corrected chi connectivity index (χ3v) is 7.43. The summed E-state index contributed by atoms with van der Waals surface area (Å²) >= 11 is 0. The number of ether oxygens (including phenoxy) is 2.